The summed E-state index contributed by atoms with van der Waals surface area (Å²) in [6, 6.07) is 16.4. The fourth-order valence-corrected chi connectivity index (χ4v) is 4.06. The number of nitrogens with zero attached hydrogens (tertiary/aromatic N) is 3. The summed E-state index contributed by atoms with van der Waals surface area (Å²) >= 11 is 0. The third-order valence-corrected chi connectivity index (χ3v) is 5.67. The van der Waals surface area contributed by atoms with E-state index in [1.165, 1.54) is 11.1 Å². The number of amides is 1. The maximum atomic E-state index is 13.1. The first-order chi connectivity index (χ1) is 14.9. The van der Waals surface area contributed by atoms with Gasteiger partial charge in [0.15, 0.2) is 6.61 Å². The minimum Gasteiger partial charge on any atom is -0.483 e. The van der Waals surface area contributed by atoms with Gasteiger partial charge in [-0.1, -0.05) is 56.3 Å². The normalized spacial score (nSPS) is 14.0. The molecule has 0 aromatic heterocycles. The second-order valence-electron chi connectivity index (χ2n) is 9.17. The molecule has 0 saturated heterocycles. The molecule has 1 aliphatic heterocycles. The number of carbonyl (C=O) groups excluding carboxylic acids is 1. The van der Waals surface area contributed by atoms with Crippen LogP contribution in [0.15, 0.2) is 48.5 Å². The highest BCUT2D eigenvalue weighted by Gasteiger charge is 2.21. The molecule has 1 heterocycles. The molecule has 0 N–H and O–H groups in total. The number of hydrogen-bond donors (Lipinski definition) is 0. The molecule has 0 spiro atoms. The highest BCUT2D eigenvalue weighted by Crippen LogP contribution is 2.28. The van der Waals surface area contributed by atoms with Crippen LogP contribution >= 0.6 is 0 Å². The molecule has 0 saturated carbocycles. The number of hydrogen-bond acceptors (Lipinski definition) is 4. The average molecular weight is 424 g/mol. The van der Waals surface area contributed by atoms with Crippen LogP contribution in [0.25, 0.3) is 0 Å². The van der Waals surface area contributed by atoms with E-state index in [1.54, 1.807) is 0 Å². The van der Waals surface area contributed by atoms with E-state index >= 15 is 0 Å². The van der Waals surface area contributed by atoms with Crippen LogP contribution in [-0.4, -0.2) is 67.5 Å². The Morgan fingerprint density at radius 1 is 1.06 bits per heavy atom. The maximum Gasteiger partial charge on any atom is 0.260 e. The Labute approximate surface area is 187 Å². The molecule has 5 heteroatoms. The van der Waals surface area contributed by atoms with Crippen LogP contribution in [0.1, 0.15) is 30.5 Å². The molecule has 1 amide bonds. The van der Waals surface area contributed by atoms with E-state index in [0.29, 0.717) is 19.0 Å². The van der Waals surface area contributed by atoms with Crippen molar-refractivity contribution in [2.75, 3.05) is 46.9 Å². The van der Waals surface area contributed by atoms with Crippen molar-refractivity contribution in [1.29, 1.82) is 0 Å². The van der Waals surface area contributed by atoms with Gasteiger partial charge in [0, 0.05) is 44.8 Å². The molecule has 2 aromatic carbocycles. The van der Waals surface area contributed by atoms with E-state index in [0.717, 1.165) is 43.9 Å². The van der Waals surface area contributed by atoms with Crippen molar-refractivity contribution in [1.82, 2.24) is 14.7 Å². The van der Waals surface area contributed by atoms with Crippen molar-refractivity contribution >= 4 is 5.91 Å². The van der Waals surface area contributed by atoms with Crippen molar-refractivity contribution in [3.05, 3.63) is 65.2 Å². The van der Waals surface area contributed by atoms with Crippen molar-refractivity contribution in [2.45, 2.75) is 33.4 Å². The zero-order valence-electron chi connectivity index (χ0n) is 19.5. The summed E-state index contributed by atoms with van der Waals surface area (Å²) in [6.45, 7) is 9.75. The number of benzene rings is 2. The summed E-state index contributed by atoms with van der Waals surface area (Å²) in [5.41, 5.74) is 3.72. The lowest BCUT2D eigenvalue weighted by Gasteiger charge is -2.31. The molecule has 0 radical (unpaired) electrons. The summed E-state index contributed by atoms with van der Waals surface area (Å²) in [5.74, 6) is 1.52. The maximum absolute atomic E-state index is 13.1. The highest BCUT2D eigenvalue weighted by molar-refractivity contribution is 5.77. The average Bonchev–Trinajstić information content (AvgIpc) is 2.75. The van der Waals surface area contributed by atoms with E-state index in [4.69, 9.17) is 4.74 Å². The smallest absolute Gasteiger partial charge is 0.260 e. The molecule has 3 rings (SSSR count). The standard InChI is InChI=1S/C26H37N3O2/c1-21(2)17-28-14-13-23-11-8-12-25(24(23)19-28)31-20-26(30)29(16-15-27(3)4)18-22-9-6-5-7-10-22/h5-12,21H,13-20H2,1-4H3. The van der Waals surface area contributed by atoms with Crippen LogP contribution in [0.4, 0.5) is 0 Å². The lowest BCUT2D eigenvalue weighted by molar-refractivity contribution is -0.134. The first-order valence-corrected chi connectivity index (χ1v) is 11.3. The van der Waals surface area contributed by atoms with Crippen LogP contribution in [-0.2, 0) is 24.3 Å². The third kappa shape index (κ3) is 7.08. The molecular formula is C26H37N3O2. The first-order valence-electron chi connectivity index (χ1n) is 11.3. The Balaban J connectivity index is 1.66. The molecule has 31 heavy (non-hydrogen) atoms. The highest BCUT2D eigenvalue weighted by atomic mass is 16.5. The predicted octanol–water partition coefficient (Wildman–Crippen LogP) is 3.67. The lowest BCUT2D eigenvalue weighted by Crippen LogP contribution is -2.39. The molecule has 168 valence electrons. The summed E-state index contributed by atoms with van der Waals surface area (Å²) < 4.78 is 6.11. The monoisotopic (exact) mass is 423 g/mol. The second kappa shape index (κ2) is 11.3. The van der Waals surface area contributed by atoms with Gasteiger partial charge in [0.25, 0.3) is 5.91 Å². The van der Waals surface area contributed by atoms with Gasteiger partial charge < -0.3 is 14.5 Å². The molecule has 1 aliphatic rings. The number of rotatable bonds is 10. The number of carbonyl (C=O) groups is 1. The Bertz CT molecular complexity index is 836. The van der Waals surface area contributed by atoms with Gasteiger partial charge >= 0.3 is 0 Å². The fraction of sp³-hybridized carbons (Fsp3) is 0.500. The molecular weight excluding hydrogens is 386 g/mol. The molecule has 0 aliphatic carbocycles. The van der Waals surface area contributed by atoms with Gasteiger partial charge in [-0.15, -0.1) is 0 Å². The molecule has 5 nitrogen and oxygen atoms in total. The van der Waals surface area contributed by atoms with Gasteiger partial charge in [-0.3, -0.25) is 9.69 Å². The van der Waals surface area contributed by atoms with Gasteiger partial charge in [0.1, 0.15) is 5.75 Å². The number of fused-ring (bicyclic) bond motifs is 1. The van der Waals surface area contributed by atoms with Crippen LogP contribution < -0.4 is 4.74 Å². The summed E-state index contributed by atoms with van der Waals surface area (Å²) in [7, 11) is 4.06. The topological polar surface area (TPSA) is 36.0 Å². The zero-order valence-corrected chi connectivity index (χ0v) is 19.5. The van der Waals surface area contributed by atoms with Gasteiger partial charge in [0.2, 0.25) is 0 Å². The third-order valence-electron chi connectivity index (χ3n) is 5.67. The van der Waals surface area contributed by atoms with E-state index < -0.39 is 0 Å². The molecule has 0 bridgehead atoms. The SMILES string of the molecule is CC(C)CN1CCc2cccc(OCC(=O)N(CCN(C)C)Cc3ccccc3)c2C1. The molecule has 2 aromatic rings. The van der Waals surface area contributed by atoms with Crippen molar-refractivity contribution in [2.24, 2.45) is 5.92 Å². The molecule has 0 atom stereocenters. The minimum atomic E-state index is 0.0261. The van der Waals surface area contributed by atoms with E-state index in [2.05, 4.69) is 41.8 Å². The van der Waals surface area contributed by atoms with Crippen LogP contribution in [0.3, 0.4) is 0 Å². The largest absolute Gasteiger partial charge is 0.483 e. The van der Waals surface area contributed by atoms with E-state index in [9.17, 15) is 4.79 Å². The van der Waals surface area contributed by atoms with E-state index in [1.807, 2.05) is 49.3 Å². The molecule has 0 unspecified atom stereocenters. The molecule has 0 fully saturated rings. The van der Waals surface area contributed by atoms with Gasteiger partial charge in [0.05, 0.1) is 0 Å². The number of ether oxygens (including phenoxy) is 1. The van der Waals surface area contributed by atoms with Crippen molar-refractivity contribution < 1.29 is 9.53 Å². The van der Waals surface area contributed by atoms with Gasteiger partial charge in [-0.2, -0.15) is 0 Å². The van der Waals surface area contributed by atoms with Gasteiger partial charge in [-0.25, -0.2) is 0 Å². The Hall–Kier alpha value is -2.37. The van der Waals surface area contributed by atoms with Gasteiger partial charge in [-0.05, 0) is 43.6 Å². The Morgan fingerprint density at radius 2 is 1.84 bits per heavy atom. The lowest BCUT2D eigenvalue weighted by atomic mass is 9.98. The van der Waals surface area contributed by atoms with Crippen LogP contribution in [0, 0.1) is 5.92 Å². The second-order valence-corrected chi connectivity index (χ2v) is 9.17. The van der Waals surface area contributed by atoms with Crippen LogP contribution in [0.2, 0.25) is 0 Å². The van der Waals surface area contributed by atoms with Crippen molar-refractivity contribution in [3.63, 3.8) is 0 Å². The quantitative estimate of drug-likeness (QED) is 0.584. The summed E-state index contributed by atoms with van der Waals surface area (Å²) in [6.07, 6.45) is 1.04. The zero-order chi connectivity index (χ0) is 22.2. The Kier molecular flexibility index (Phi) is 8.50. The van der Waals surface area contributed by atoms with Crippen LogP contribution in [0.5, 0.6) is 5.75 Å². The fourth-order valence-electron chi connectivity index (χ4n) is 4.06. The predicted molar refractivity (Wildman–Crippen MR) is 126 cm³/mol. The van der Waals surface area contributed by atoms with E-state index in [-0.39, 0.29) is 12.5 Å². The summed E-state index contributed by atoms with van der Waals surface area (Å²) in [5, 5.41) is 0. The minimum absolute atomic E-state index is 0.0261. The summed E-state index contributed by atoms with van der Waals surface area (Å²) in [4.78, 5) is 19.6. The Morgan fingerprint density at radius 3 is 2.55 bits per heavy atom. The first kappa shape index (κ1) is 23.3. The van der Waals surface area contributed by atoms with Crippen molar-refractivity contribution in [3.8, 4) is 5.75 Å². The number of likely N-dealkylation sites (N-methyl/N-ethyl adjacent to an activating group) is 1.